The molecule has 7 heteroatoms. The molecular formula is C21H28N2O5. The van der Waals surface area contributed by atoms with Gasteiger partial charge in [-0.2, -0.15) is 0 Å². The number of carbonyl (C=O) groups is 2. The van der Waals surface area contributed by atoms with E-state index >= 15 is 0 Å². The Morgan fingerprint density at radius 1 is 1.18 bits per heavy atom. The number of aromatic nitrogens is 1. The minimum absolute atomic E-state index is 0.0806. The largest absolute Gasteiger partial charge is 0.489 e. The van der Waals surface area contributed by atoms with Crippen LogP contribution in [0.4, 0.5) is 0 Å². The third-order valence-electron chi connectivity index (χ3n) is 4.01. The average Bonchev–Trinajstić information content (AvgIpc) is 2.91. The van der Waals surface area contributed by atoms with Gasteiger partial charge < -0.3 is 19.3 Å². The Kier molecular flexibility index (Phi) is 6.83. The Balaban J connectivity index is 1.84. The van der Waals surface area contributed by atoms with Crippen molar-refractivity contribution in [2.75, 3.05) is 0 Å². The van der Waals surface area contributed by atoms with E-state index < -0.39 is 12.1 Å². The monoisotopic (exact) mass is 388 g/mol. The topological polar surface area (TPSA) is 90.7 Å². The van der Waals surface area contributed by atoms with E-state index in [9.17, 15) is 9.59 Å². The zero-order valence-electron chi connectivity index (χ0n) is 17.3. The lowest BCUT2D eigenvalue weighted by molar-refractivity contribution is -0.154. The molecule has 1 amide bonds. The van der Waals surface area contributed by atoms with E-state index in [1.165, 1.54) is 0 Å². The molecule has 1 aromatic carbocycles. The van der Waals surface area contributed by atoms with Crippen molar-refractivity contribution in [2.45, 2.75) is 66.2 Å². The summed E-state index contributed by atoms with van der Waals surface area (Å²) in [5.41, 5.74) is 2.13. The minimum Gasteiger partial charge on any atom is -0.489 e. The number of amides is 1. The normalized spacial score (nSPS) is 12.4. The van der Waals surface area contributed by atoms with Gasteiger partial charge in [0.15, 0.2) is 6.10 Å². The van der Waals surface area contributed by atoms with Gasteiger partial charge in [0, 0.05) is 5.54 Å². The van der Waals surface area contributed by atoms with Gasteiger partial charge in [-0.15, -0.1) is 0 Å². The maximum atomic E-state index is 12.1. The van der Waals surface area contributed by atoms with Gasteiger partial charge in [0.2, 0.25) is 0 Å². The summed E-state index contributed by atoms with van der Waals surface area (Å²) >= 11 is 0. The number of rotatable bonds is 7. The van der Waals surface area contributed by atoms with Crippen LogP contribution >= 0.6 is 0 Å². The summed E-state index contributed by atoms with van der Waals surface area (Å²) in [5, 5.41) is 6.68. The van der Waals surface area contributed by atoms with Crippen LogP contribution in [0, 0.1) is 13.8 Å². The van der Waals surface area contributed by atoms with E-state index in [-0.39, 0.29) is 17.9 Å². The number of carbonyl (C=O) groups excluding carboxylic acids is 2. The van der Waals surface area contributed by atoms with Crippen LogP contribution in [0.25, 0.3) is 0 Å². The third-order valence-corrected chi connectivity index (χ3v) is 4.01. The molecule has 7 nitrogen and oxygen atoms in total. The molecule has 152 valence electrons. The lowest BCUT2D eigenvalue weighted by Gasteiger charge is -2.23. The number of ether oxygens (including phenoxy) is 2. The highest BCUT2D eigenvalue weighted by Crippen LogP contribution is 2.18. The van der Waals surface area contributed by atoms with Crippen molar-refractivity contribution in [3.63, 3.8) is 0 Å². The van der Waals surface area contributed by atoms with Crippen LogP contribution in [0.15, 0.2) is 28.8 Å². The first-order valence-electron chi connectivity index (χ1n) is 9.20. The lowest BCUT2D eigenvalue weighted by Crippen LogP contribution is -2.46. The summed E-state index contributed by atoms with van der Waals surface area (Å²) in [6.45, 7) is 11.2. The number of esters is 1. The number of hydrogen-bond acceptors (Lipinski definition) is 6. The summed E-state index contributed by atoms with van der Waals surface area (Å²) < 4.78 is 16.1. The van der Waals surface area contributed by atoms with Crippen LogP contribution in [0.5, 0.6) is 5.75 Å². The van der Waals surface area contributed by atoms with E-state index in [2.05, 4.69) is 10.5 Å². The number of benzene rings is 1. The molecule has 0 radical (unpaired) electrons. The summed E-state index contributed by atoms with van der Waals surface area (Å²) in [5.74, 6) is 0.640. The fourth-order valence-corrected chi connectivity index (χ4v) is 2.50. The quantitative estimate of drug-likeness (QED) is 0.732. The molecule has 28 heavy (non-hydrogen) atoms. The molecule has 1 heterocycles. The van der Waals surface area contributed by atoms with Gasteiger partial charge >= 0.3 is 5.97 Å². The summed E-state index contributed by atoms with van der Waals surface area (Å²) in [6, 6.07) is 7.17. The van der Waals surface area contributed by atoms with Crippen LogP contribution in [0.3, 0.4) is 0 Å². The Morgan fingerprint density at radius 3 is 2.36 bits per heavy atom. The number of nitrogens with zero attached hydrogens (tertiary/aromatic N) is 1. The first-order chi connectivity index (χ1) is 13.0. The van der Waals surface area contributed by atoms with E-state index in [0.717, 1.165) is 22.6 Å². The van der Waals surface area contributed by atoms with E-state index in [4.69, 9.17) is 14.0 Å². The summed E-state index contributed by atoms with van der Waals surface area (Å²) in [4.78, 5) is 24.1. The van der Waals surface area contributed by atoms with Gasteiger partial charge in [0.25, 0.3) is 5.91 Å². The predicted octanol–water partition coefficient (Wildman–Crippen LogP) is 3.26. The van der Waals surface area contributed by atoms with Crippen LogP contribution in [0.1, 0.15) is 50.3 Å². The fraction of sp³-hybridized carbons (Fsp3) is 0.476. The molecule has 0 aliphatic rings. The fourth-order valence-electron chi connectivity index (χ4n) is 2.50. The number of nitrogens with one attached hydrogen (secondary N) is 1. The molecule has 2 aromatic rings. The van der Waals surface area contributed by atoms with Crippen molar-refractivity contribution in [3.8, 4) is 5.75 Å². The predicted molar refractivity (Wildman–Crippen MR) is 104 cm³/mol. The molecule has 0 saturated heterocycles. The molecule has 0 unspecified atom stereocenters. The van der Waals surface area contributed by atoms with Crippen molar-refractivity contribution < 1.29 is 23.6 Å². The smallest absolute Gasteiger partial charge is 0.311 e. The Hall–Kier alpha value is -2.83. The van der Waals surface area contributed by atoms with E-state index in [1.807, 2.05) is 34.6 Å². The Morgan fingerprint density at radius 2 is 1.82 bits per heavy atom. The first-order valence-corrected chi connectivity index (χ1v) is 9.20. The first kappa shape index (κ1) is 21.5. The van der Waals surface area contributed by atoms with Gasteiger partial charge in [-0.25, -0.2) is 0 Å². The highest BCUT2D eigenvalue weighted by atomic mass is 16.5. The molecule has 1 aromatic heterocycles. The molecule has 1 atom stereocenters. The molecular weight excluding hydrogens is 360 g/mol. The van der Waals surface area contributed by atoms with Gasteiger partial charge in [0.1, 0.15) is 18.1 Å². The Bertz CT molecular complexity index is 799. The second-order valence-corrected chi connectivity index (χ2v) is 7.78. The summed E-state index contributed by atoms with van der Waals surface area (Å²) in [6.07, 6.45) is -0.763. The Labute approximate surface area is 165 Å². The SMILES string of the molecule is Cc1noc(C)c1COc1ccc(CC(=O)O[C@H](C)C(=O)NC(C)(C)C)cc1. The molecule has 0 fully saturated rings. The zero-order chi connectivity index (χ0) is 20.9. The van der Waals surface area contributed by atoms with Gasteiger partial charge in [-0.3, -0.25) is 9.59 Å². The standard InChI is InChI=1S/C21H28N2O5/c1-13-18(14(2)28-23-13)12-26-17-9-7-16(8-10-17)11-19(24)27-15(3)20(25)22-21(4,5)6/h7-10,15H,11-12H2,1-6H3,(H,22,25)/t15-/m1/s1. The zero-order valence-corrected chi connectivity index (χ0v) is 17.3. The number of hydrogen-bond donors (Lipinski definition) is 1. The highest BCUT2D eigenvalue weighted by Gasteiger charge is 2.22. The van der Waals surface area contributed by atoms with Crippen molar-refractivity contribution in [1.82, 2.24) is 10.5 Å². The van der Waals surface area contributed by atoms with Crippen molar-refractivity contribution >= 4 is 11.9 Å². The summed E-state index contributed by atoms with van der Waals surface area (Å²) in [7, 11) is 0. The highest BCUT2D eigenvalue weighted by molar-refractivity contribution is 5.84. The second kappa shape index (κ2) is 8.91. The molecule has 0 aliphatic carbocycles. The minimum atomic E-state index is -0.843. The number of aryl methyl sites for hydroxylation is 2. The van der Waals surface area contributed by atoms with Crippen LogP contribution in [-0.2, 0) is 27.4 Å². The molecule has 2 rings (SSSR count). The molecule has 0 aliphatic heterocycles. The van der Waals surface area contributed by atoms with Gasteiger partial charge in [0.05, 0.1) is 17.7 Å². The molecule has 1 N–H and O–H groups in total. The van der Waals surface area contributed by atoms with Crippen molar-refractivity contribution in [1.29, 1.82) is 0 Å². The maximum absolute atomic E-state index is 12.1. The molecule has 0 bridgehead atoms. The van der Waals surface area contributed by atoms with Crippen LogP contribution < -0.4 is 10.1 Å². The molecule has 0 saturated carbocycles. The lowest BCUT2D eigenvalue weighted by atomic mass is 10.1. The van der Waals surface area contributed by atoms with Crippen LogP contribution in [0.2, 0.25) is 0 Å². The second-order valence-electron chi connectivity index (χ2n) is 7.78. The van der Waals surface area contributed by atoms with Crippen molar-refractivity contribution in [3.05, 3.63) is 46.8 Å². The van der Waals surface area contributed by atoms with E-state index in [1.54, 1.807) is 31.2 Å². The third kappa shape index (κ3) is 6.40. The van der Waals surface area contributed by atoms with Gasteiger partial charge in [-0.1, -0.05) is 17.3 Å². The van der Waals surface area contributed by atoms with Gasteiger partial charge in [-0.05, 0) is 59.2 Å². The average molecular weight is 388 g/mol. The van der Waals surface area contributed by atoms with E-state index in [0.29, 0.717) is 12.4 Å². The molecule has 0 spiro atoms. The van der Waals surface area contributed by atoms with Crippen molar-refractivity contribution in [2.24, 2.45) is 0 Å². The maximum Gasteiger partial charge on any atom is 0.311 e. The van der Waals surface area contributed by atoms with Crippen LogP contribution in [-0.4, -0.2) is 28.7 Å².